The summed E-state index contributed by atoms with van der Waals surface area (Å²) in [6.07, 6.45) is 4.91. The van der Waals surface area contributed by atoms with E-state index in [1.807, 2.05) is 13.0 Å². The highest BCUT2D eigenvalue weighted by molar-refractivity contribution is 7.89. The molecule has 0 spiro atoms. The van der Waals surface area contributed by atoms with E-state index < -0.39 is 27.1 Å². The summed E-state index contributed by atoms with van der Waals surface area (Å²) in [5, 5.41) is 10.5. The van der Waals surface area contributed by atoms with Gasteiger partial charge < -0.3 is 0 Å². The topological polar surface area (TPSA) is 114 Å². The highest BCUT2D eigenvalue weighted by Gasteiger charge is 2.39. The third kappa shape index (κ3) is 4.01. The predicted molar refractivity (Wildman–Crippen MR) is 114 cm³/mol. The zero-order chi connectivity index (χ0) is 24.0. The lowest BCUT2D eigenvalue weighted by Gasteiger charge is -2.17. The molecule has 3 heterocycles. The second-order valence-corrected chi connectivity index (χ2v) is 9.03. The molecule has 3 aromatic rings. The zero-order valence-corrected chi connectivity index (χ0v) is 18.2. The highest BCUT2D eigenvalue weighted by Crippen LogP contribution is 2.35. The minimum absolute atomic E-state index is 0.0339. The first-order chi connectivity index (χ1) is 15.6. The lowest BCUT2D eigenvalue weighted by Crippen LogP contribution is -2.43. The summed E-state index contributed by atoms with van der Waals surface area (Å²) in [4.78, 5) is 12.1. The van der Waals surface area contributed by atoms with E-state index in [0.29, 0.717) is 30.1 Å². The molecule has 1 atom stereocenters. The van der Waals surface area contributed by atoms with Gasteiger partial charge in [0.25, 0.3) is 0 Å². The van der Waals surface area contributed by atoms with E-state index in [9.17, 15) is 26.9 Å². The molecule has 12 heteroatoms. The summed E-state index contributed by atoms with van der Waals surface area (Å²) in [6.45, 7) is 2.65. The van der Waals surface area contributed by atoms with Gasteiger partial charge in [-0.05, 0) is 37.1 Å². The molecule has 0 fully saturated rings. The highest BCUT2D eigenvalue weighted by atomic mass is 32.2. The second-order valence-electron chi connectivity index (χ2n) is 7.32. The number of alkyl halides is 3. The van der Waals surface area contributed by atoms with Crippen LogP contribution in [0.1, 0.15) is 25.0 Å². The maximum Gasteiger partial charge on any atom is 0.404 e. The van der Waals surface area contributed by atoms with Gasteiger partial charge in [0, 0.05) is 17.3 Å². The Morgan fingerprint density at radius 1 is 1.21 bits per heavy atom. The molecule has 8 nitrogen and oxygen atoms in total. The van der Waals surface area contributed by atoms with Gasteiger partial charge in [-0.2, -0.15) is 23.2 Å². The van der Waals surface area contributed by atoms with Crippen molar-refractivity contribution in [1.29, 1.82) is 5.26 Å². The van der Waals surface area contributed by atoms with Gasteiger partial charge in [0.2, 0.25) is 10.0 Å². The van der Waals surface area contributed by atoms with Crippen LogP contribution in [0.5, 0.6) is 0 Å². The first kappa shape index (κ1) is 22.6. The monoisotopic (exact) mass is 474 g/mol. The first-order valence-corrected chi connectivity index (χ1v) is 11.3. The van der Waals surface area contributed by atoms with Crippen molar-refractivity contribution < 1.29 is 21.6 Å². The van der Waals surface area contributed by atoms with Crippen molar-refractivity contribution in [2.24, 2.45) is 0 Å². The Balaban J connectivity index is 1.82. The third-order valence-electron chi connectivity index (χ3n) is 5.15. The van der Waals surface area contributed by atoms with Crippen LogP contribution in [0, 0.1) is 11.3 Å². The molecule has 1 aliphatic carbocycles. The van der Waals surface area contributed by atoms with Gasteiger partial charge in [0.1, 0.15) is 28.3 Å². The van der Waals surface area contributed by atoms with Crippen LogP contribution >= 0.6 is 0 Å². The molecule has 0 unspecified atom stereocenters. The van der Waals surface area contributed by atoms with E-state index in [1.165, 1.54) is 0 Å². The second kappa shape index (κ2) is 8.09. The summed E-state index contributed by atoms with van der Waals surface area (Å²) in [5.41, 5.74) is 2.73. The minimum Gasteiger partial charge on any atom is -0.290 e. The molecule has 4 rings (SSSR count). The Morgan fingerprint density at radius 3 is 2.39 bits per heavy atom. The number of fused-ring (bicyclic) bond motifs is 1. The van der Waals surface area contributed by atoms with Gasteiger partial charge in [-0.1, -0.05) is 13.0 Å². The molecule has 33 heavy (non-hydrogen) atoms. The molecule has 0 radical (unpaired) electrons. The van der Waals surface area contributed by atoms with Crippen molar-refractivity contribution in [2.75, 3.05) is 0 Å². The number of sulfonamides is 1. The van der Waals surface area contributed by atoms with Gasteiger partial charge in [-0.25, -0.2) is 23.4 Å². The first-order valence-electron chi connectivity index (χ1n) is 9.80. The standard InChI is InChI=1S/C21H17F3N6O2S/c1-3-13-7-16-17(8-25)18(30(14-5-4-6-14)20(16)28-9-13)19-26-10-15(11-27-19)33(31,32)29-12(2)21(22,23)24/h4-7,9-12,29H,3H2,1-2H3/t12-/m0/s1. The van der Waals surface area contributed by atoms with Crippen molar-refractivity contribution in [1.82, 2.24) is 24.2 Å². The number of rotatable bonds is 6. The number of allylic oxidation sites excluding steroid dienone is 4. The van der Waals surface area contributed by atoms with Gasteiger partial charge in [-0.3, -0.25) is 4.57 Å². The van der Waals surface area contributed by atoms with E-state index in [4.69, 9.17) is 0 Å². The third-order valence-corrected chi connectivity index (χ3v) is 6.65. The SMILES string of the molecule is CCc1cnc2c(c1)c(C#N)c(-c1ncc(S(=O)(=O)N[C@@H](C)C(F)(F)F)cn1)n2C1=CC=C1. The van der Waals surface area contributed by atoms with Crippen LogP contribution in [0.25, 0.3) is 28.2 Å². The number of nitrogens with zero attached hydrogens (tertiary/aromatic N) is 5. The number of hydrogen-bond donors (Lipinski definition) is 1. The molecular weight excluding hydrogens is 457 g/mol. The van der Waals surface area contributed by atoms with Gasteiger partial charge >= 0.3 is 6.18 Å². The smallest absolute Gasteiger partial charge is 0.290 e. The van der Waals surface area contributed by atoms with Gasteiger partial charge in [0.15, 0.2) is 5.82 Å². The normalized spacial score (nSPS) is 14.6. The zero-order valence-electron chi connectivity index (χ0n) is 17.4. The number of nitrogens with one attached hydrogen (secondary N) is 1. The van der Waals surface area contributed by atoms with Crippen LogP contribution in [-0.2, 0) is 16.4 Å². The van der Waals surface area contributed by atoms with E-state index in [0.717, 1.165) is 23.7 Å². The number of halogens is 3. The molecule has 0 amide bonds. The Bertz CT molecular complexity index is 1450. The maximum atomic E-state index is 12.8. The molecule has 170 valence electrons. The largest absolute Gasteiger partial charge is 0.404 e. The Kier molecular flexibility index (Phi) is 5.55. The summed E-state index contributed by atoms with van der Waals surface area (Å²) >= 11 is 0. The number of aromatic nitrogens is 4. The van der Waals surface area contributed by atoms with Crippen molar-refractivity contribution >= 4 is 26.8 Å². The lowest BCUT2D eigenvalue weighted by atomic mass is 10.1. The molecule has 3 aromatic heterocycles. The van der Waals surface area contributed by atoms with E-state index in [1.54, 1.807) is 33.7 Å². The number of nitriles is 1. The van der Waals surface area contributed by atoms with Crippen molar-refractivity contribution in [3.8, 4) is 17.6 Å². The predicted octanol–water partition coefficient (Wildman–Crippen LogP) is 3.57. The molecule has 0 aromatic carbocycles. The van der Waals surface area contributed by atoms with E-state index in [-0.39, 0.29) is 11.4 Å². The average molecular weight is 474 g/mol. The summed E-state index contributed by atoms with van der Waals surface area (Å²) in [7, 11) is -4.51. The van der Waals surface area contributed by atoms with Crippen LogP contribution in [-0.4, -0.2) is 40.2 Å². The van der Waals surface area contributed by atoms with Crippen LogP contribution in [0.3, 0.4) is 0 Å². The molecular formula is C21H17F3N6O2S. The van der Waals surface area contributed by atoms with Crippen molar-refractivity contribution in [3.05, 3.63) is 54.0 Å². The summed E-state index contributed by atoms with van der Waals surface area (Å²) in [5.74, 6) is 0.0339. The van der Waals surface area contributed by atoms with Crippen molar-refractivity contribution in [2.45, 2.75) is 37.4 Å². The Morgan fingerprint density at radius 2 is 1.88 bits per heavy atom. The molecule has 0 saturated heterocycles. The fourth-order valence-corrected chi connectivity index (χ4v) is 4.37. The van der Waals surface area contributed by atoms with Crippen LogP contribution in [0.4, 0.5) is 13.2 Å². The fraction of sp³-hybridized carbons (Fsp3) is 0.238. The van der Waals surface area contributed by atoms with Gasteiger partial charge in [0.05, 0.1) is 18.0 Å². The quantitative estimate of drug-likeness (QED) is 0.584. The molecule has 0 bridgehead atoms. The average Bonchev–Trinajstić information content (AvgIpc) is 3.04. The van der Waals surface area contributed by atoms with E-state index >= 15 is 0 Å². The van der Waals surface area contributed by atoms with Crippen LogP contribution in [0.2, 0.25) is 0 Å². The maximum absolute atomic E-state index is 12.8. The minimum atomic E-state index is -4.75. The number of aryl methyl sites for hydroxylation is 1. The molecule has 1 aliphatic rings. The Labute approximate surface area is 187 Å². The van der Waals surface area contributed by atoms with E-state index in [2.05, 4.69) is 21.0 Å². The fourth-order valence-electron chi connectivity index (χ4n) is 3.25. The van der Waals surface area contributed by atoms with Gasteiger partial charge in [-0.15, -0.1) is 0 Å². The summed E-state index contributed by atoms with van der Waals surface area (Å²) in [6, 6.07) is 1.72. The van der Waals surface area contributed by atoms with Crippen molar-refractivity contribution in [3.63, 3.8) is 0 Å². The molecule has 1 N–H and O–H groups in total. The van der Waals surface area contributed by atoms with Crippen LogP contribution < -0.4 is 4.72 Å². The Hall–Kier alpha value is -3.56. The number of pyridine rings is 1. The molecule has 0 saturated carbocycles. The number of hydrogen-bond acceptors (Lipinski definition) is 6. The summed E-state index contributed by atoms with van der Waals surface area (Å²) < 4.78 is 66.2. The molecule has 0 aliphatic heterocycles. The lowest BCUT2D eigenvalue weighted by molar-refractivity contribution is -0.147. The van der Waals surface area contributed by atoms with Crippen LogP contribution in [0.15, 0.2) is 47.8 Å².